The van der Waals surface area contributed by atoms with Crippen LogP contribution in [0.2, 0.25) is 0 Å². The fraction of sp³-hybridized carbons (Fsp3) is 0.222. The van der Waals surface area contributed by atoms with Gasteiger partial charge in [-0.15, -0.1) is 0 Å². The van der Waals surface area contributed by atoms with Crippen LogP contribution in [-0.2, 0) is 15.3 Å². The summed E-state index contributed by atoms with van der Waals surface area (Å²) in [6, 6.07) is 19.1. The number of benzene rings is 2. The Morgan fingerprint density at radius 2 is 1.54 bits per heavy atom. The van der Waals surface area contributed by atoms with Crippen LogP contribution in [0.1, 0.15) is 28.9 Å². The zero-order valence-corrected chi connectivity index (χ0v) is 21.1. The van der Waals surface area contributed by atoms with Gasteiger partial charge in [-0.3, -0.25) is 14.2 Å². The second kappa shape index (κ2) is 8.17. The van der Waals surface area contributed by atoms with Crippen LogP contribution in [0.3, 0.4) is 0 Å². The quantitative estimate of drug-likeness (QED) is 0.404. The number of carbonyl (C=O) groups excluding carboxylic acids is 1. The van der Waals surface area contributed by atoms with Gasteiger partial charge < -0.3 is 9.64 Å². The molecule has 37 heavy (non-hydrogen) atoms. The summed E-state index contributed by atoms with van der Waals surface area (Å²) >= 11 is 0. The molecule has 1 aliphatic carbocycles. The maximum absolute atomic E-state index is 14.0. The number of carbonyl (C=O) groups is 1. The molecular weight excluding hydrogens is 492 g/mol. The highest BCUT2D eigenvalue weighted by Crippen LogP contribution is 2.55. The van der Waals surface area contributed by atoms with E-state index in [9.17, 15) is 18.0 Å². The summed E-state index contributed by atoms with van der Waals surface area (Å²) in [5, 5.41) is 4.43. The van der Waals surface area contributed by atoms with Crippen molar-refractivity contribution in [2.24, 2.45) is 0 Å². The molecular formula is C27H24N4O5S. The molecule has 0 unspecified atom stereocenters. The zero-order valence-electron chi connectivity index (χ0n) is 20.3. The van der Waals surface area contributed by atoms with Crippen molar-refractivity contribution in [3.8, 4) is 17.1 Å². The van der Waals surface area contributed by atoms with Crippen molar-refractivity contribution < 1.29 is 17.9 Å². The number of pyridine rings is 1. The molecule has 1 aliphatic heterocycles. The second-order valence-corrected chi connectivity index (χ2v) is 11.4. The van der Waals surface area contributed by atoms with Crippen molar-refractivity contribution in [3.63, 3.8) is 0 Å². The van der Waals surface area contributed by atoms with Crippen LogP contribution in [0.15, 0.2) is 82.7 Å². The normalized spacial score (nSPS) is 16.1. The van der Waals surface area contributed by atoms with Crippen molar-refractivity contribution in [2.45, 2.75) is 23.3 Å². The van der Waals surface area contributed by atoms with E-state index in [1.807, 2.05) is 0 Å². The molecule has 0 saturated heterocycles. The van der Waals surface area contributed by atoms with Crippen LogP contribution >= 0.6 is 0 Å². The van der Waals surface area contributed by atoms with Crippen molar-refractivity contribution in [2.75, 3.05) is 24.8 Å². The van der Waals surface area contributed by atoms with E-state index in [-0.39, 0.29) is 22.2 Å². The third kappa shape index (κ3) is 3.75. The summed E-state index contributed by atoms with van der Waals surface area (Å²) < 4.78 is 33.8. The molecule has 2 aromatic carbocycles. The largest absolute Gasteiger partial charge is 0.497 e. The summed E-state index contributed by atoms with van der Waals surface area (Å²) in [6.45, 7) is 0.361. The van der Waals surface area contributed by atoms with Crippen LogP contribution in [0.4, 0.5) is 5.69 Å². The lowest BCUT2D eigenvalue weighted by Crippen LogP contribution is -2.44. The molecule has 2 aliphatic rings. The van der Waals surface area contributed by atoms with Gasteiger partial charge in [0.15, 0.2) is 14.9 Å². The third-order valence-electron chi connectivity index (χ3n) is 7.08. The first kappa shape index (κ1) is 23.2. The number of aromatic nitrogens is 3. The number of ether oxygens (including phenoxy) is 1. The lowest BCUT2D eigenvalue weighted by Gasteiger charge is -2.33. The molecule has 0 atom stereocenters. The van der Waals surface area contributed by atoms with E-state index in [1.165, 1.54) is 15.3 Å². The van der Waals surface area contributed by atoms with Crippen molar-refractivity contribution in [3.05, 3.63) is 94.5 Å². The van der Waals surface area contributed by atoms with Gasteiger partial charge in [0.1, 0.15) is 11.4 Å². The Hall–Kier alpha value is -4.18. The minimum Gasteiger partial charge on any atom is -0.497 e. The zero-order chi connectivity index (χ0) is 25.9. The maximum atomic E-state index is 14.0. The summed E-state index contributed by atoms with van der Waals surface area (Å²) in [4.78, 5) is 27.9. The summed E-state index contributed by atoms with van der Waals surface area (Å²) in [6.07, 6.45) is 4.34. The van der Waals surface area contributed by atoms with Crippen LogP contribution in [0.25, 0.3) is 11.4 Å². The number of amides is 1. The molecule has 9 nitrogen and oxygen atoms in total. The molecule has 0 N–H and O–H groups in total. The standard InChI is InChI=1S/C27H24N4O5S/c1-36-21-12-10-20(11-13-21)31-24-23(25(28-31)37(2,34)35)27(14-15-27)17-30(26(24)33)19-8-6-18(7-9-19)29-16-4-3-5-22(29)32/h3-13,16H,14-15,17H2,1-2H3. The SMILES string of the molecule is COc1ccc(-n2nc(S(C)(=O)=O)c3c2C(=O)N(c2ccc(-n4ccccc4=O)cc2)CC32CC2)cc1. The Labute approximate surface area is 213 Å². The van der Waals surface area contributed by atoms with Crippen molar-refractivity contribution in [1.82, 2.24) is 14.3 Å². The second-order valence-electron chi connectivity index (χ2n) is 9.51. The fourth-order valence-corrected chi connectivity index (χ4v) is 5.94. The molecule has 0 radical (unpaired) electrons. The Bertz CT molecular complexity index is 1700. The van der Waals surface area contributed by atoms with E-state index in [1.54, 1.807) is 78.9 Å². The van der Waals surface area contributed by atoms with Crippen LogP contribution in [0.5, 0.6) is 5.75 Å². The van der Waals surface area contributed by atoms with Crippen molar-refractivity contribution >= 4 is 21.4 Å². The first-order valence-electron chi connectivity index (χ1n) is 11.8. The highest BCUT2D eigenvalue weighted by Gasteiger charge is 2.56. The first-order chi connectivity index (χ1) is 17.7. The Morgan fingerprint density at radius 1 is 0.892 bits per heavy atom. The molecule has 3 heterocycles. The number of hydrogen-bond donors (Lipinski definition) is 0. The van der Waals surface area contributed by atoms with Crippen LogP contribution in [-0.4, -0.2) is 48.6 Å². The van der Waals surface area contributed by atoms with Crippen molar-refractivity contribution in [1.29, 1.82) is 0 Å². The molecule has 10 heteroatoms. The monoisotopic (exact) mass is 516 g/mol. The number of anilines is 1. The molecule has 4 aromatic rings. The van der Waals surface area contributed by atoms with Crippen LogP contribution < -0.4 is 15.2 Å². The number of rotatable bonds is 5. The van der Waals surface area contributed by atoms with E-state index in [0.717, 1.165) is 19.1 Å². The predicted octanol–water partition coefficient (Wildman–Crippen LogP) is 3.13. The Morgan fingerprint density at radius 3 is 2.14 bits per heavy atom. The van der Waals surface area contributed by atoms with Gasteiger partial charge in [0.05, 0.1) is 12.8 Å². The van der Waals surface area contributed by atoms with Gasteiger partial charge in [-0.25, -0.2) is 13.1 Å². The molecule has 2 aromatic heterocycles. The third-order valence-corrected chi connectivity index (χ3v) is 8.06. The summed E-state index contributed by atoms with van der Waals surface area (Å²) in [7, 11) is -2.12. The summed E-state index contributed by atoms with van der Waals surface area (Å²) in [5.74, 6) is 0.313. The van der Waals surface area contributed by atoms with E-state index in [0.29, 0.717) is 34.9 Å². The number of fused-ring (bicyclic) bond motifs is 2. The molecule has 1 amide bonds. The van der Waals surface area contributed by atoms with E-state index >= 15 is 0 Å². The van der Waals surface area contributed by atoms with Gasteiger partial charge in [-0.1, -0.05) is 6.07 Å². The van der Waals surface area contributed by atoms with E-state index in [4.69, 9.17) is 4.74 Å². The highest BCUT2D eigenvalue weighted by molar-refractivity contribution is 7.90. The molecule has 1 saturated carbocycles. The lowest BCUT2D eigenvalue weighted by molar-refractivity contribution is 0.0966. The number of methoxy groups -OCH3 is 1. The van der Waals surface area contributed by atoms with Gasteiger partial charge in [-0.2, -0.15) is 5.10 Å². The average Bonchev–Trinajstić information content (AvgIpc) is 3.53. The molecule has 1 fully saturated rings. The van der Waals surface area contributed by atoms with Gasteiger partial charge >= 0.3 is 0 Å². The minimum absolute atomic E-state index is 0.0392. The molecule has 0 bridgehead atoms. The predicted molar refractivity (Wildman–Crippen MR) is 138 cm³/mol. The van der Waals surface area contributed by atoms with E-state index < -0.39 is 15.3 Å². The smallest absolute Gasteiger partial charge is 0.277 e. The molecule has 1 spiro atoms. The topological polar surface area (TPSA) is 104 Å². The Balaban J connectivity index is 1.48. The number of nitrogens with zero attached hydrogens (tertiary/aromatic N) is 4. The number of sulfone groups is 1. The van der Waals surface area contributed by atoms with Gasteiger partial charge in [0.2, 0.25) is 0 Å². The summed E-state index contributed by atoms with van der Waals surface area (Å²) in [5.41, 5.74) is 2.07. The fourth-order valence-electron chi connectivity index (χ4n) is 5.03. The van der Waals surface area contributed by atoms with Gasteiger partial charge in [-0.05, 0) is 67.4 Å². The van der Waals surface area contributed by atoms with E-state index in [2.05, 4.69) is 5.10 Å². The lowest BCUT2D eigenvalue weighted by atomic mass is 9.90. The number of hydrogen-bond acceptors (Lipinski definition) is 6. The average molecular weight is 517 g/mol. The molecule has 188 valence electrons. The minimum atomic E-state index is -3.68. The van der Waals surface area contributed by atoms with Gasteiger partial charge in [0, 0.05) is 47.4 Å². The highest BCUT2D eigenvalue weighted by atomic mass is 32.2. The Kier molecular flexibility index (Phi) is 5.13. The molecule has 6 rings (SSSR count). The van der Waals surface area contributed by atoms with Gasteiger partial charge in [0.25, 0.3) is 11.5 Å². The first-order valence-corrected chi connectivity index (χ1v) is 13.7. The maximum Gasteiger partial charge on any atom is 0.277 e. The van der Waals surface area contributed by atoms with Crippen LogP contribution in [0, 0.1) is 0 Å².